The van der Waals surface area contributed by atoms with Gasteiger partial charge in [-0.2, -0.15) is 0 Å². The average Bonchev–Trinajstić information content (AvgIpc) is 2.26. The van der Waals surface area contributed by atoms with Gasteiger partial charge in [-0.25, -0.2) is 8.78 Å². The highest BCUT2D eigenvalue weighted by atomic mass is 35.5. The molecular formula is C14H21ClF2N2O. The Hall–Kier alpha value is -1.20. The SMILES string of the molecule is CC(C)CC(C)(CN)NC(=O)c1cc(F)cc(F)c1.Cl. The lowest BCUT2D eigenvalue weighted by atomic mass is 9.90. The van der Waals surface area contributed by atoms with E-state index in [-0.39, 0.29) is 24.5 Å². The molecule has 1 aromatic carbocycles. The van der Waals surface area contributed by atoms with E-state index < -0.39 is 23.1 Å². The highest BCUT2D eigenvalue weighted by molar-refractivity contribution is 5.94. The van der Waals surface area contributed by atoms with Gasteiger partial charge in [0.05, 0.1) is 0 Å². The van der Waals surface area contributed by atoms with Crippen LogP contribution in [0.15, 0.2) is 18.2 Å². The minimum Gasteiger partial charge on any atom is -0.346 e. The minimum absolute atomic E-state index is 0. The number of carbonyl (C=O) groups excluding carboxylic acids is 1. The lowest BCUT2D eigenvalue weighted by Crippen LogP contribution is -2.52. The maximum absolute atomic E-state index is 13.1. The van der Waals surface area contributed by atoms with E-state index in [0.717, 1.165) is 18.2 Å². The van der Waals surface area contributed by atoms with Gasteiger partial charge < -0.3 is 11.1 Å². The molecule has 0 radical (unpaired) electrons. The summed E-state index contributed by atoms with van der Waals surface area (Å²) in [5, 5.41) is 2.75. The summed E-state index contributed by atoms with van der Waals surface area (Å²) >= 11 is 0. The molecule has 20 heavy (non-hydrogen) atoms. The number of halogens is 3. The molecule has 1 aromatic rings. The van der Waals surface area contributed by atoms with Gasteiger partial charge >= 0.3 is 0 Å². The molecule has 0 bridgehead atoms. The molecular weight excluding hydrogens is 286 g/mol. The summed E-state index contributed by atoms with van der Waals surface area (Å²) in [6.07, 6.45) is 0.688. The van der Waals surface area contributed by atoms with Crippen LogP contribution in [-0.2, 0) is 0 Å². The average molecular weight is 307 g/mol. The number of rotatable bonds is 5. The highest BCUT2D eigenvalue weighted by Gasteiger charge is 2.26. The summed E-state index contributed by atoms with van der Waals surface area (Å²) in [6.45, 7) is 6.11. The van der Waals surface area contributed by atoms with E-state index in [2.05, 4.69) is 5.32 Å². The van der Waals surface area contributed by atoms with E-state index >= 15 is 0 Å². The summed E-state index contributed by atoms with van der Waals surface area (Å²) < 4.78 is 26.1. The van der Waals surface area contributed by atoms with Crippen molar-refractivity contribution in [3.8, 4) is 0 Å². The summed E-state index contributed by atoms with van der Waals surface area (Å²) in [6, 6.07) is 2.74. The third kappa shape index (κ3) is 5.43. The second-order valence-electron chi connectivity index (χ2n) is 5.48. The first-order valence-corrected chi connectivity index (χ1v) is 6.24. The summed E-state index contributed by atoms with van der Waals surface area (Å²) in [7, 11) is 0. The number of amides is 1. The van der Waals surface area contributed by atoms with Crippen molar-refractivity contribution in [2.24, 2.45) is 11.7 Å². The molecule has 0 fully saturated rings. The van der Waals surface area contributed by atoms with E-state index in [1.54, 1.807) is 0 Å². The van der Waals surface area contributed by atoms with Crippen molar-refractivity contribution >= 4 is 18.3 Å². The maximum Gasteiger partial charge on any atom is 0.251 e. The molecule has 0 spiro atoms. The molecule has 1 atom stereocenters. The third-order valence-electron chi connectivity index (χ3n) is 2.85. The Morgan fingerprint density at radius 1 is 1.30 bits per heavy atom. The van der Waals surface area contributed by atoms with Crippen LogP contribution in [0.1, 0.15) is 37.6 Å². The van der Waals surface area contributed by atoms with Gasteiger partial charge in [0.2, 0.25) is 0 Å². The lowest BCUT2D eigenvalue weighted by molar-refractivity contribution is 0.0897. The van der Waals surface area contributed by atoms with Crippen LogP contribution in [-0.4, -0.2) is 18.0 Å². The molecule has 0 aliphatic rings. The Labute approximate surface area is 124 Å². The quantitative estimate of drug-likeness (QED) is 0.879. The summed E-state index contributed by atoms with van der Waals surface area (Å²) in [5.41, 5.74) is 5.05. The molecule has 1 unspecified atom stereocenters. The molecule has 1 rings (SSSR count). The van der Waals surface area contributed by atoms with Crippen molar-refractivity contribution in [1.82, 2.24) is 5.32 Å². The second-order valence-corrected chi connectivity index (χ2v) is 5.48. The Morgan fingerprint density at radius 3 is 2.20 bits per heavy atom. The van der Waals surface area contributed by atoms with Crippen LogP contribution in [0.5, 0.6) is 0 Å². The lowest BCUT2D eigenvalue weighted by Gasteiger charge is -2.31. The van der Waals surface area contributed by atoms with Gasteiger partial charge in [0, 0.05) is 23.7 Å². The van der Waals surface area contributed by atoms with Gasteiger partial charge in [-0.1, -0.05) is 13.8 Å². The first-order valence-electron chi connectivity index (χ1n) is 6.24. The van der Waals surface area contributed by atoms with E-state index in [1.807, 2.05) is 20.8 Å². The fourth-order valence-corrected chi connectivity index (χ4v) is 2.12. The predicted molar refractivity (Wildman–Crippen MR) is 78.0 cm³/mol. The zero-order chi connectivity index (χ0) is 14.6. The fourth-order valence-electron chi connectivity index (χ4n) is 2.12. The highest BCUT2D eigenvalue weighted by Crippen LogP contribution is 2.17. The molecule has 3 N–H and O–H groups in total. The van der Waals surface area contributed by atoms with Crippen LogP contribution < -0.4 is 11.1 Å². The molecule has 0 saturated heterocycles. The number of carbonyl (C=O) groups is 1. The number of hydrogen-bond acceptors (Lipinski definition) is 2. The normalized spacial score (nSPS) is 13.6. The van der Waals surface area contributed by atoms with Gasteiger partial charge in [0.15, 0.2) is 0 Å². The molecule has 3 nitrogen and oxygen atoms in total. The molecule has 0 heterocycles. The summed E-state index contributed by atoms with van der Waals surface area (Å²) in [4.78, 5) is 12.0. The van der Waals surface area contributed by atoms with Crippen LogP contribution in [0.25, 0.3) is 0 Å². The van der Waals surface area contributed by atoms with Crippen LogP contribution in [0.2, 0.25) is 0 Å². The Bertz CT molecular complexity index is 448. The largest absolute Gasteiger partial charge is 0.346 e. The zero-order valence-electron chi connectivity index (χ0n) is 11.9. The van der Waals surface area contributed by atoms with Crippen molar-refractivity contribution in [3.05, 3.63) is 35.4 Å². The van der Waals surface area contributed by atoms with Crippen molar-refractivity contribution in [1.29, 1.82) is 0 Å². The number of benzene rings is 1. The molecule has 1 amide bonds. The van der Waals surface area contributed by atoms with Crippen molar-refractivity contribution in [2.75, 3.05) is 6.54 Å². The molecule has 114 valence electrons. The molecule has 0 aliphatic carbocycles. The van der Waals surface area contributed by atoms with E-state index in [0.29, 0.717) is 12.3 Å². The molecule has 0 saturated carbocycles. The number of nitrogens with one attached hydrogen (secondary N) is 1. The maximum atomic E-state index is 13.1. The number of hydrogen-bond donors (Lipinski definition) is 2. The Kier molecular flexibility index (Phi) is 7.09. The van der Waals surface area contributed by atoms with Gasteiger partial charge in [0.1, 0.15) is 11.6 Å². The molecule has 0 aliphatic heterocycles. The van der Waals surface area contributed by atoms with Crippen LogP contribution in [0.4, 0.5) is 8.78 Å². The van der Waals surface area contributed by atoms with Crippen molar-refractivity contribution in [3.63, 3.8) is 0 Å². The number of nitrogens with two attached hydrogens (primary N) is 1. The molecule has 0 aromatic heterocycles. The minimum atomic E-state index is -0.775. The van der Waals surface area contributed by atoms with Crippen molar-refractivity contribution < 1.29 is 13.6 Å². The zero-order valence-corrected chi connectivity index (χ0v) is 12.7. The van der Waals surface area contributed by atoms with E-state index in [9.17, 15) is 13.6 Å². The first-order chi connectivity index (χ1) is 8.75. The second kappa shape index (κ2) is 7.55. The molecule has 6 heteroatoms. The topological polar surface area (TPSA) is 55.1 Å². The van der Waals surface area contributed by atoms with Gasteiger partial charge in [-0.05, 0) is 31.4 Å². The van der Waals surface area contributed by atoms with Crippen LogP contribution in [0, 0.1) is 17.6 Å². The summed E-state index contributed by atoms with van der Waals surface area (Å²) in [5.74, 6) is -1.72. The predicted octanol–water partition coefficient (Wildman–Crippen LogP) is 2.88. The smallest absolute Gasteiger partial charge is 0.251 e. The Balaban J connectivity index is 0.00000361. The van der Waals surface area contributed by atoms with Crippen LogP contribution >= 0.6 is 12.4 Å². The van der Waals surface area contributed by atoms with Crippen LogP contribution in [0.3, 0.4) is 0 Å². The standard InChI is InChI=1S/C14H20F2N2O.ClH/c1-9(2)7-14(3,8-17)18-13(19)10-4-11(15)6-12(16)5-10;/h4-6,9H,7-8,17H2,1-3H3,(H,18,19);1H. The van der Waals surface area contributed by atoms with Gasteiger partial charge in [-0.3, -0.25) is 4.79 Å². The van der Waals surface area contributed by atoms with Gasteiger partial charge in [0.25, 0.3) is 5.91 Å². The fraction of sp³-hybridized carbons (Fsp3) is 0.500. The monoisotopic (exact) mass is 306 g/mol. The van der Waals surface area contributed by atoms with Gasteiger partial charge in [-0.15, -0.1) is 12.4 Å². The first kappa shape index (κ1) is 18.8. The van der Waals surface area contributed by atoms with Crippen molar-refractivity contribution in [2.45, 2.75) is 32.7 Å². The van der Waals surface area contributed by atoms with E-state index in [4.69, 9.17) is 5.73 Å². The third-order valence-corrected chi connectivity index (χ3v) is 2.85. The van der Waals surface area contributed by atoms with E-state index in [1.165, 1.54) is 0 Å². The Morgan fingerprint density at radius 2 is 1.80 bits per heavy atom.